The number of carbonyl (C=O) groups is 1. The molecule has 1 aromatic rings. The average molecular weight is 298 g/mol. The molecule has 0 unspecified atom stereocenters. The van der Waals surface area contributed by atoms with Crippen LogP contribution in [0, 0.1) is 0 Å². The zero-order valence-electron chi connectivity index (χ0n) is 7.12. The van der Waals surface area contributed by atoms with Gasteiger partial charge < -0.3 is 0 Å². The highest BCUT2D eigenvalue weighted by molar-refractivity contribution is 9.10. The topological polar surface area (TPSA) is 51.2 Å². The van der Waals surface area contributed by atoms with Crippen LogP contribution in [0.3, 0.4) is 0 Å². The van der Waals surface area contributed by atoms with Crippen molar-refractivity contribution in [3.8, 4) is 0 Å². The van der Waals surface area contributed by atoms with E-state index in [0.717, 1.165) is 0 Å². The number of benzene rings is 1. The third kappa shape index (κ3) is 2.56. The van der Waals surface area contributed by atoms with E-state index >= 15 is 0 Å². The van der Waals surface area contributed by atoms with Gasteiger partial charge in [-0.15, -0.1) is 0 Å². The van der Waals surface area contributed by atoms with Gasteiger partial charge >= 0.3 is 0 Å². The predicted molar refractivity (Wildman–Crippen MR) is 57.2 cm³/mol. The minimum Gasteiger partial charge on any atom is -0.294 e. The molecule has 0 amide bonds. The van der Waals surface area contributed by atoms with Gasteiger partial charge in [-0.05, 0) is 25.1 Å². The van der Waals surface area contributed by atoms with E-state index in [9.17, 15) is 13.2 Å². The van der Waals surface area contributed by atoms with E-state index in [1.165, 1.54) is 25.1 Å². The Bertz CT molecular complexity index is 481. The summed E-state index contributed by atoms with van der Waals surface area (Å²) in [6, 6.07) is 4.24. The van der Waals surface area contributed by atoms with Crippen LogP contribution in [0.5, 0.6) is 0 Å². The molecule has 0 aliphatic heterocycles. The van der Waals surface area contributed by atoms with Gasteiger partial charge in [0, 0.05) is 20.7 Å². The molecule has 14 heavy (non-hydrogen) atoms. The van der Waals surface area contributed by atoms with Crippen LogP contribution in [0.4, 0.5) is 0 Å². The summed E-state index contributed by atoms with van der Waals surface area (Å²) in [5.41, 5.74) is 0.0920. The van der Waals surface area contributed by atoms with Gasteiger partial charge in [-0.2, -0.15) is 0 Å². The molecule has 0 spiro atoms. The van der Waals surface area contributed by atoms with Gasteiger partial charge in [0.2, 0.25) is 0 Å². The number of halogens is 2. The van der Waals surface area contributed by atoms with Gasteiger partial charge in [-0.3, -0.25) is 4.79 Å². The van der Waals surface area contributed by atoms with Gasteiger partial charge in [-0.25, -0.2) is 8.42 Å². The lowest BCUT2D eigenvalue weighted by Crippen LogP contribution is -2.02. The predicted octanol–water partition coefficient (Wildman–Crippen LogP) is 2.58. The second-order valence-electron chi connectivity index (χ2n) is 2.63. The Morgan fingerprint density at radius 3 is 2.43 bits per heavy atom. The van der Waals surface area contributed by atoms with Crippen molar-refractivity contribution in [3.05, 3.63) is 28.2 Å². The normalized spacial score (nSPS) is 11.4. The molecule has 0 saturated heterocycles. The fourth-order valence-electron chi connectivity index (χ4n) is 0.990. The molecule has 0 aromatic heterocycles. The van der Waals surface area contributed by atoms with Crippen molar-refractivity contribution >= 4 is 41.4 Å². The highest BCUT2D eigenvalue weighted by Crippen LogP contribution is 2.24. The van der Waals surface area contributed by atoms with E-state index in [0.29, 0.717) is 4.47 Å². The molecule has 0 N–H and O–H groups in total. The minimum atomic E-state index is -3.86. The fourth-order valence-corrected chi connectivity index (χ4v) is 2.45. The Balaban J connectivity index is 3.53. The molecule has 0 aliphatic rings. The minimum absolute atomic E-state index is 0.0920. The van der Waals surface area contributed by atoms with Crippen LogP contribution in [-0.2, 0) is 9.05 Å². The quantitative estimate of drug-likeness (QED) is 0.623. The van der Waals surface area contributed by atoms with Crippen molar-refractivity contribution < 1.29 is 13.2 Å². The third-order valence-corrected chi connectivity index (χ3v) is 3.46. The first-order valence-electron chi connectivity index (χ1n) is 3.57. The molecule has 1 rings (SSSR count). The second kappa shape index (κ2) is 4.00. The molecule has 0 bridgehead atoms. The van der Waals surface area contributed by atoms with E-state index < -0.39 is 9.05 Å². The lowest BCUT2D eigenvalue weighted by atomic mass is 10.1. The second-order valence-corrected chi connectivity index (χ2v) is 6.08. The van der Waals surface area contributed by atoms with Gasteiger partial charge in [0.1, 0.15) is 0 Å². The first-order valence-corrected chi connectivity index (χ1v) is 6.68. The van der Waals surface area contributed by atoms with Crippen LogP contribution in [0.25, 0.3) is 0 Å². The standard InChI is InChI=1S/C8H6BrClO3S/c1-5(11)7-4-6(9)2-3-8(7)14(10,12)13/h2-4H,1H3. The molecule has 6 heteroatoms. The summed E-state index contributed by atoms with van der Waals surface area (Å²) in [4.78, 5) is 11.0. The molecule has 0 heterocycles. The number of rotatable bonds is 2. The Morgan fingerprint density at radius 1 is 1.43 bits per heavy atom. The lowest BCUT2D eigenvalue weighted by Gasteiger charge is -2.03. The summed E-state index contributed by atoms with van der Waals surface area (Å²) in [6.07, 6.45) is 0. The monoisotopic (exact) mass is 296 g/mol. The summed E-state index contributed by atoms with van der Waals surface area (Å²) in [6.45, 7) is 1.29. The molecule has 0 atom stereocenters. The Kier molecular flexibility index (Phi) is 3.34. The van der Waals surface area contributed by atoms with Crippen LogP contribution in [-0.4, -0.2) is 14.2 Å². The molecule has 76 valence electrons. The van der Waals surface area contributed by atoms with Crippen molar-refractivity contribution in [2.75, 3.05) is 0 Å². The van der Waals surface area contributed by atoms with E-state index in [1.807, 2.05) is 0 Å². The van der Waals surface area contributed by atoms with Crippen molar-refractivity contribution in [3.63, 3.8) is 0 Å². The molecule has 1 aromatic carbocycles. The molecule has 3 nitrogen and oxygen atoms in total. The number of ketones is 1. The highest BCUT2D eigenvalue weighted by atomic mass is 79.9. The molecular weight excluding hydrogens is 292 g/mol. The molecule has 0 aliphatic carbocycles. The van der Waals surface area contributed by atoms with Crippen molar-refractivity contribution in [1.29, 1.82) is 0 Å². The van der Waals surface area contributed by atoms with Gasteiger partial charge in [0.25, 0.3) is 9.05 Å². The Hall–Kier alpha value is -0.390. The summed E-state index contributed by atoms with van der Waals surface area (Å²) < 4.78 is 22.8. The maximum atomic E-state index is 11.1. The lowest BCUT2D eigenvalue weighted by molar-refractivity contribution is 0.101. The van der Waals surface area contributed by atoms with Gasteiger partial charge in [0.15, 0.2) is 5.78 Å². The number of hydrogen-bond acceptors (Lipinski definition) is 3. The number of Topliss-reactive ketones (excluding diaryl/α,β-unsaturated/α-hetero) is 1. The maximum absolute atomic E-state index is 11.1. The van der Waals surface area contributed by atoms with E-state index in [4.69, 9.17) is 10.7 Å². The first kappa shape index (κ1) is 11.7. The largest absolute Gasteiger partial charge is 0.294 e. The van der Waals surface area contributed by atoms with Crippen molar-refractivity contribution in [1.82, 2.24) is 0 Å². The van der Waals surface area contributed by atoms with Crippen molar-refractivity contribution in [2.45, 2.75) is 11.8 Å². The Morgan fingerprint density at radius 2 is 2.00 bits per heavy atom. The van der Waals surface area contributed by atoms with Crippen LogP contribution >= 0.6 is 26.6 Å². The summed E-state index contributed by atoms with van der Waals surface area (Å²) in [5.74, 6) is -0.342. The summed E-state index contributed by atoms with van der Waals surface area (Å²) in [5, 5.41) is 0. The van der Waals surface area contributed by atoms with Crippen LogP contribution < -0.4 is 0 Å². The maximum Gasteiger partial charge on any atom is 0.262 e. The van der Waals surface area contributed by atoms with E-state index in [2.05, 4.69) is 15.9 Å². The summed E-state index contributed by atoms with van der Waals surface area (Å²) >= 11 is 3.14. The van der Waals surface area contributed by atoms with Crippen LogP contribution in [0.1, 0.15) is 17.3 Å². The zero-order chi connectivity index (χ0) is 10.9. The van der Waals surface area contributed by atoms with E-state index in [1.54, 1.807) is 0 Å². The number of hydrogen-bond donors (Lipinski definition) is 0. The zero-order valence-corrected chi connectivity index (χ0v) is 10.3. The highest BCUT2D eigenvalue weighted by Gasteiger charge is 2.18. The van der Waals surface area contributed by atoms with E-state index in [-0.39, 0.29) is 16.2 Å². The molecule has 0 saturated carbocycles. The molecular formula is C8H6BrClO3S. The average Bonchev–Trinajstić information content (AvgIpc) is 2.01. The van der Waals surface area contributed by atoms with Gasteiger partial charge in [-0.1, -0.05) is 15.9 Å². The van der Waals surface area contributed by atoms with Gasteiger partial charge in [0.05, 0.1) is 4.90 Å². The molecule has 0 fully saturated rings. The molecule has 0 radical (unpaired) electrons. The fraction of sp³-hybridized carbons (Fsp3) is 0.125. The van der Waals surface area contributed by atoms with Crippen LogP contribution in [0.2, 0.25) is 0 Å². The SMILES string of the molecule is CC(=O)c1cc(Br)ccc1S(=O)(=O)Cl. The number of carbonyl (C=O) groups excluding carboxylic acids is 1. The van der Waals surface area contributed by atoms with Crippen LogP contribution in [0.15, 0.2) is 27.6 Å². The van der Waals surface area contributed by atoms with Crippen molar-refractivity contribution in [2.24, 2.45) is 0 Å². The smallest absolute Gasteiger partial charge is 0.262 e. The summed E-state index contributed by atoms with van der Waals surface area (Å²) in [7, 11) is 1.30. The Labute approximate surface area is 94.6 Å². The first-order chi connectivity index (χ1) is 6.32. The third-order valence-electron chi connectivity index (χ3n) is 1.58.